The van der Waals surface area contributed by atoms with E-state index in [2.05, 4.69) is 37.1 Å². The lowest BCUT2D eigenvalue weighted by Crippen LogP contribution is -2.46. The Bertz CT molecular complexity index is 846. The molecule has 0 aromatic carbocycles. The maximum absolute atomic E-state index is 10.6. The van der Waals surface area contributed by atoms with E-state index in [9.17, 15) is 26.3 Å². The molecule has 0 aliphatic carbocycles. The number of H-pyrrole nitrogens is 1. The van der Waals surface area contributed by atoms with Gasteiger partial charge in [-0.3, -0.25) is 15.0 Å². The fourth-order valence-corrected chi connectivity index (χ4v) is 2.81. The SMILES string of the molecule is O=C(O)C(F)(F)F.O=C(O)C(F)(F)F.c1ccc(CN2CCN(CCCc3cn[nH]c3)CC2)nc1. The lowest BCUT2D eigenvalue weighted by Gasteiger charge is -2.34. The van der Waals surface area contributed by atoms with E-state index >= 15 is 0 Å². The molecule has 0 saturated carbocycles. The molecule has 1 aliphatic heterocycles. The van der Waals surface area contributed by atoms with Crippen molar-refractivity contribution in [3.8, 4) is 0 Å². The standard InChI is InChI=1S/C16H23N5.2C2HF3O2/c1-2-6-17-16(5-1)14-21-10-8-20(9-11-21)7-3-4-15-12-18-19-13-15;2*3-2(4,5)1(6)7/h1-2,5-6,12-13H,3-4,7-11,14H2,(H,18,19);2*(H,6,7). The number of nitrogens with zero attached hydrogens (tertiary/aromatic N) is 4. The van der Waals surface area contributed by atoms with Crippen LogP contribution in [0, 0.1) is 0 Å². The lowest BCUT2D eigenvalue weighted by molar-refractivity contribution is -0.193. The topological polar surface area (TPSA) is 123 Å². The first-order valence-corrected chi connectivity index (χ1v) is 10.2. The Labute approximate surface area is 196 Å². The van der Waals surface area contributed by atoms with Crippen LogP contribution in [0.4, 0.5) is 26.3 Å². The van der Waals surface area contributed by atoms with Gasteiger partial charge in [-0.05, 0) is 37.1 Å². The molecule has 0 spiro atoms. The zero-order valence-electron chi connectivity index (χ0n) is 18.4. The Morgan fingerprint density at radius 1 is 0.943 bits per heavy atom. The number of aromatic amines is 1. The van der Waals surface area contributed by atoms with Gasteiger partial charge in [-0.1, -0.05) is 6.07 Å². The summed E-state index contributed by atoms with van der Waals surface area (Å²) in [6.45, 7) is 6.77. The smallest absolute Gasteiger partial charge is 0.475 e. The molecule has 2 aromatic rings. The van der Waals surface area contributed by atoms with Crippen molar-refractivity contribution in [1.82, 2.24) is 25.0 Å². The minimum absolute atomic E-state index is 0.976. The molecule has 3 heterocycles. The third-order valence-corrected chi connectivity index (χ3v) is 4.56. The van der Waals surface area contributed by atoms with Crippen molar-refractivity contribution in [2.75, 3.05) is 32.7 Å². The highest BCUT2D eigenvalue weighted by molar-refractivity contribution is 5.73. The molecule has 0 atom stereocenters. The van der Waals surface area contributed by atoms with Gasteiger partial charge >= 0.3 is 24.3 Å². The van der Waals surface area contributed by atoms with E-state index < -0.39 is 24.3 Å². The maximum Gasteiger partial charge on any atom is 0.490 e. The van der Waals surface area contributed by atoms with Crippen LogP contribution in [0.1, 0.15) is 17.7 Å². The summed E-state index contributed by atoms with van der Waals surface area (Å²) < 4.78 is 63.5. The van der Waals surface area contributed by atoms with Crippen LogP contribution < -0.4 is 0 Å². The number of nitrogens with one attached hydrogen (secondary N) is 1. The quantitative estimate of drug-likeness (QED) is 0.504. The molecule has 0 unspecified atom stereocenters. The first-order chi connectivity index (χ1) is 16.3. The zero-order valence-corrected chi connectivity index (χ0v) is 18.4. The predicted octanol–water partition coefficient (Wildman–Crippen LogP) is 2.82. The molecule has 2 aromatic heterocycles. The first kappa shape index (κ1) is 29.8. The number of aromatic nitrogens is 3. The van der Waals surface area contributed by atoms with E-state index in [4.69, 9.17) is 19.8 Å². The van der Waals surface area contributed by atoms with Crippen molar-refractivity contribution < 1.29 is 46.1 Å². The van der Waals surface area contributed by atoms with Gasteiger partial charge in [-0.2, -0.15) is 31.4 Å². The number of carbonyl (C=O) groups is 2. The summed E-state index contributed by atoms with van der Waals surface area (Å²) in [5.41, 5.74) is 2.48. The van der Waals surface area contributed by atoms with Crippen LogP contribution in [-0.4, -0.2) is 92.2 Å². The number of hydrogen-bond donors (Lipinski definition) is 3. The van der Waals surface area contributed by atoms with Crippen molar-refractivity contribution in [2.24, 2.45) is 0 Å². The van der Waals surface area contributed by atoms with E-state index in [1.54, 1.807) is 0 Å². The molecule has 3 rings (SSSR count). The van der Waals surface area contributed by atoms with Crippen LogP contribution in [0.15, 0.2) is 36.8 Å². The van der Waals surface area contributed by atoms with Gasteiger partial charge in [0, 0.05) is 45.1 Å². The molecule has 0 bridgehead atoms. The number of piperazine rings is 1. The molecule has 0 radical (unpaired) electrons. The van der Waals surface area contributed by atoms with Crippen LogP contribution in [0.25, 0.3) is 0 Å². The summed E-state index contributed by atoms with van der Waals surface area (Å²) in [5, 5.41) is 21.1. The summed E-state index contributed by atoms with van der Waals surface area (Å²) in [6, 6.07) is 6.15. The summed E-state index contributed by atoms with van der Waals surface area (Å²) in [5.74, 6) is -5.51. The van der Waals surface area contributed by atoms with Gasteiger partial charge in [0.05, 0.1) is 11.9 Å². The Balaban J connectivity index is 0.000000362. The molecule has 1 fully saturated rings. The van der Waals surface area contributed by atoms with E-state index in [1.807, 2.05) is 24.7 Å². The van der Waals surface area contributed by atoms with Gasteiger partial charge in [0.2, 0.25) is 0 Å². The fraction of sp³-hybridized carbons (Fsp3) is 0.500. The number of aliphatic carboxylic acids is 2. The van der Waals surface area contributed by atoms with Gasteiger partial charge in [-0.15, -0.1) is 0 Å². The molecule has 196 valence electrons. The van der Waals surface area contributed by atoms with Gasteiger partial charge in [0.15, 0.2) is 0 Å². The van der Waals surface area contributed by atoms with Crippen molar-refractivity contribution in [1.29, 1.82) is 0 Å². The number of carboxylic acids is 2. The molecular formula is C20H25F6N5O4. The molecular weight excluding hydrogens is 488 g/mol. The Morgan fingerprint density at radius 2 is 1.49 bits per heavy atom. The lowest BCUT2D eigenvalue weighted by atomic mass is 10.2. The molecule has 35 heavy (non-hydrogen) atoms. The second-order valence-corrected chi connectivity index (χ2v) is 7.25. The Kier molecular flexibility index (Phi) is 12.2. The van der Waals surface area contributed by atoms with Crippen LogP contribution in [-0.2, 0) is 22.6 Å². The minimum Gasteiger partial charge on any atom is -0.475 e. The number of halogens is 6. The van der Waals surface area contributed by atoms with Crippen molar-refractivity contribution >= 4 is 11.9 Å². The van der Waals surface area contributed by atoms with Crippen molar-refractivity contribution in [3.63, 3.8) is 0 Å². The average Bonchev–Trinajstić information content (AvgIpc) is 3.29. The number of alkyl halides is 6. The largest absolute Gasteiger partial charge is 0.490 e. The number of hydrogen-bond acceptors (Lipinski definition) is 6. The third kappa shape index (κ3) is 13.3. The Morgan fingerprint density at radius 3 is 1.91 bits per heavy atom. The molecule has 0 amide bonds. The highest BCUT2D eigenvalue weighted by Gasteiger charge is 2.38. The highest BCUT2D eigenvalue weighted by atomic mass is 19.4. The van der Waals surface area contributed by atoms with E-state index in [0.717, 1.165) is 39.1 Å². The fourth-order valence-electron chi connectivity index (χ4n) is 2.81. The van der Waals surface area contributed by atoms with Crippen LogP contribution in [0.5, 0.6) is 0 Å². The molecule has 9 nitrogen and oxygen atoms in total. The van der Waals surface area contributed by atoms with Gasteiger partial charge < -0.3 is 15.1 Å². The van der Waals surface area contributed by atoms with Crippen LogP contribution in [0.3, 0.4) is 0 Å². The van der Waals surface area contributed by atoms with E-state index in [-0.39, 0.29) is 0 Å². The third-order valence-electron chi connectivity index (χ3n) is 4.56. The van der Waals surface area contributed by atoms with Gasteiger partial charge in [0.1, 0.15) is 0 Å². The zero-order chi connectivity index (χ0) is 26.5. The summed E-state index contributed by atoms with van der Waals surface area (Å²) in [7, 11) is 0. The average molecular weight is 513 g/mol. The summed E-state index contributed by atoms with van der Waals surface area (Å²) in [6.07, 6.45) is -2.05. The normalized spacial score (nSPS) is 14.8. The monoisotopic (exact) mass is 513 g/mol. The second kappa shape index (κ2) is 14.3. The van der Waals surface area contributed by atoms with E-state index in [0.29, 0.717) is 0 Å². The number of pyridine rings is 1. The predicted molar refractivity (Wildman–Crippen MR) is 110 cm³/mol. The van der Waals surface area contributed by atoms with Crippen LogP contribution in [0.2, 0.25) is 0 Å². The number of carboxylic acid groups (broad SMARTS) is 2. The highest BCUT2D eigenvalue weighted by Crippen LogP contribution is 2.13. The summed E-state index contributed by atoms with van der Waals surface area (Å²) in [4.78, 5) is 27.3. The van der Waals surface area contributed by atoms with Crippen LogP contribution >= 0.6 is 0 Å². The van der Waals surface area contributed by atoms with Crippen molar-refractivity contribution in [3.05, 3.63) is 48.0 Å². The molecule has 1 aliphatic rings. The number of aryl methyl sites for hydroxylation is 1. The van der Waals surface area contributed by atoms with Gasteiger partial charge in [0.25, 0.3) is 0 Å². The van der Waals surface area contributed by atoms with E-state index in [1.165, 1.54) is 24.2 Å². The van der Waals surface area contributed by atoms with Crippen molar-refractivity contribution in [2.45, 2.75) is 31.7 Å². The maximum atomic E-state index is 10.6. The number of rotatable bonds is 6. The Hall–Kier alpha value is -3.20. The van der Waals surface area contributed by atoms with Gasteiger partial charge in [-0.25, -0.2) is 9.59 Å². The molecule has 3 N–H and O–H groups in total. The second-order valence-electron chi connectivity index (χ2n) is 7.25. The summed E-state index contributed by atoms with van der Waals surface area (Å²) >= 11 is 0. The molecule has 1 saturated heterocycles. The first-order valence-electron chi connectivity index (χ1n) is 10.2. The minimum atomic E-state index is -5.08. The molecule has 15 heteroatoms.